The van der Waals surface area contributed by atoms with E-state index in [-0.39, 0.29) is 11.9 Å². The predicted molar refractivity (Wildman–Crippen MR) is 85.0 cm³/mol. The zero-order valence-corrected chi connectivity index (χ0v) is 14.5. The summed E-state index contributed by atoms with van der Waals surface area (Å²) in [7, 11) is 1.90. The molecule has 0 saturated carbocycles. The summed E-state index contributed by atoms with van der Waals surface area (Å²) < 4.78 is 16.8. The van der Waals surface area contributed by atoms with Gasteiger partial charge in [-0.05, 0) is 56.0 Å². The van der Waals surface area contributed by atoms with E-state index in [1.165, 1.54) is 6.07 Å². The van der Waals surface area contributed by atoms with Gasteiger partial charge < -0.3 is 5.73 Å². The summed E-state index contributed by atoms with van der Waals surface area (Å²) in [6.45, 7) is 2.06. The maximum absolute atomic E-state index is 13.6. The van der Waals surface area contributed by atoms with E-state index in [1.54, 1.807) is 6.07 Å². The summed E-state index contributed by atoms with van der Waals surface area (Å²) in [6.07, 6.45) is 1.46. The SMILES string of the molecule is CCc1nn(C)c(CC(N)c2ccc(Br)c(F)c2)c1Br. The fourth-order valence-electron chi connectivity index (χ4n) is 2.11. The van der Waals surface area contributed by atoms with Gasteiger partial charge >= 0.3 is 0 Å². The summed E-state index contributed by atoms with van der Waals surface area (Å²) >= 11 is 6.71. The van der Waals surface area contributed by atoms with Crippen LogP contribution in [0.3, 0.4) is 0 Å². The average molecular weight is 405 g/mol. The summed E-state index contributed by atoms with van der Waals surface area (Å²) in [5.74, 6) is -0.295. The second kappa shape index (κ2) is 6.37. The number of hydrogen-bond acceptors (Lipinski definition) is 2. The molecule has 2 rings (SSSR count). The maximum Gasteiger partial charge on any atom is 0.137 e. The lowest BCUT2D eigenvalue weighted by Crippen LogP contribution is -2.16. The Labute approximate surface area is 134 Å². The Kier molecular flexibility index (Phi) is 4.99. The molecule has 0 bridgehead atoms. The molecule has 108 valence electrons. The molecule has 0 fully saturated rings. The zero-order chi connectivity index (χ0) is 14.9. The van der Waals surface area contributed by atoms with Crippen molar-refractivity contribution in [2.45, 2.75) is 25.8 Å². The Morgan fingerprint density at radius 2 is 2.10 bits per heavy atom. The van der Waals surface area contributed by atoms with E-state index in [0.29, 0.717) is 10.9 Å². The molecule has 1 aromatic carbocycles. The number of aromatic nitrogens is 2. The Hall–Kier alpha value is -0.720. The molecule has 0 saturated heterocycles. The van der Waals surface area contributed by atoms with Crippen molar-refractivity contribution in [3.05, 3.63) is 49.9 Å². The number of nitrogens with zero attached hydrogens (tertiary/aromatic N) is 2. The smallest absolute Gasteiger partial charge is 0.137 e. The molecular weight excluding hydrogens is 389 g/mol. The van der Waals surface area contributed by atoms with Gasteiger partial charge in [0.25, 0.3) is 0 Å². The summed E-state index contributed by atoms with van der Waals surface area (Å²) in [5, 5.41) is 4.44. The highest BCUT2D eigenvalue weighted by Crippen LogP contribution is 2.27. The van der Waals surface area contributed by atoms with Crippen molar-refractivity contribution in [2.75, 3.05) is 0 Å². The van der Waals surface area contributed by atoms with Crippen LogP contribution in [0.5, 0.6) is 0 Å². The minimum atomic E-state index is -0.295. The number of nitrogens with two attached hydrogens (primary N) is 1. The standard InChI is InChI=1S/C14H16Br2FN3/c1-3-12-14(16)13(20(2)19-12)7-11(18)8-4-5-9(15)10(17)6-8/h4-6,11H,3,7,18H2,1-2H3. The predicted octanol–water partition coefficient (Wildman–Crippen LogP) is 3.89. The highest BCUT2D eigenvalue weighted by Gasteiger charge is 2.17. The fraction of sp³-hybridized carbons (Fsp3) is 0.357. The Bertz CT molecular complexity index is 625. The molecule has 0 aliphatic rings. The van der Waals surface area contributed by atoms with Crippen molar-refractivity contribution in [3.8, 4) is 0 Å². The summed E-state index contributed by atoms with van der Waals surface area (Å²) in [5.41, 5.74) is 9.00. The Morgan fingerprint density at radius 3 is 2.65 bits per heavy atom. The first-order valence-electron chi connectivity index (χ1n) is 6.34. The van der Waals surface area contributed by atoms with E-state index in [9.17, 15) is 4.39 Å². The van der Waals surface area contributed by atoms with Crippen LogP contribution in [0, 0.1) is 5.82 Å². The van der Waals surface area contributed by atoms with Crippen LogP contribution in [0.1, 0.15) is 29.9 Å². The Morgan fingerprint density at radius 1 is 1.40 bits per heavy atom. The zero-order valence-electron chi connectivity index (χ0n) is 11.3. The first-order chi connectivity index (χ1) is 9.43. The van der Waals surface area contributed by atoms with Crippen molar-refractivity contribution < 1.29 is 4.39 Å². The third-order valence-corrected chi connectivity index (χ3v) is 4.85. The fourth-order valence-corrected chi connectivity index (χ4v) is 3.14. The molecular formula is C14H16Br2FN3. The lowest BCUT2D eigenvalue weighted by atomic mass is 10.0. The largest absolute Gasteiger partial charge is 0.324 e. The van der Waals surface area contributed by atoms with Gasteiger partial charge in [-0.3, -0.25) is 4.68 Å². The van der Waals surface area contributed by atoms with Crippen LogP contribution in [-0.4, -0.2) is 9.78 Å². The van der Waals surface area contributed by atoms with Gasteiger partial charge in [-0.15, -0.1) is 0 Å². The van der Waals surface area contributed by atoms with Gasteiger partial charge in [-0.25, -0.2) is 4.39 Å². The average Bonchev–Trinajstić information content (AvgIpc) is 2.69. The number of aryl methyl sites for hydroxylation is 2. The molecule has 1 atom stereocenters. The highest BCUT2D eigenvalue weighted by molar-refractivity contribution is 9.10. The summed E-state index contributed by atoms with van der Waals surface area (Å²) in [6, 6.07) is 4.72. The van der Waals surface area contributed by atoms with Crippen LogP contribution in [0.25, 0.3) is 0 Å². The molecule has 1 unspecified atom stereocenters. The van der Waals surface area contributed by atoms with E-state index in [0.717, 1.165) is 27.8 Å². The number of hydrogen-bond donors (Lipinski definition) is 1. The van der Waals surface area contributed by atoms with E-state index in [1.807, 2.05) is 17.8 Å². The van der Waals surface area contributed by atoms with Crippen molar-refractivity contribution in [2.24, 2.45) is 12.8 Å². The third-order valence-electron chi connectivity index (χ3n) is 3.29. The van der Waals surface area contributed by atoms with Crippen LogP contribution in [0.2, 0.25) is 0 Å². The molecule has 2 N–H and O–H groups in total. The molecule has 3 nitrogen and oxygen atoms in total. The Balaban J connectivity index is 2.25. The second-order valence-electron chi connectivity index (χ2n) is 4.67. The maximum atomic E-state index is 13.6. The molecule has 0 aliphatic heterocycles. The van der Waals surface area contributed by atoms with Gasteiger partial charge in [0.1, 0.15) is 5.82 Å². The molecule has 1 heterocycles. The van der Waals surface area contributed by atoms with Crippen LogP contribution >= 0.6 is 31.9 Å². The number of rotatable bonds is 4. The van der Waals surface area contributed by atoms with E-state index in [4.69, 9.17) is 5.73 Å². The van der Waals surface area contributed by atoms with Gasteiger partial charge in [-0.1, -0.05) is 13.0 Å². The minimum Gasteiger partial charge on any atom is -0.324 e. The normalized spacial score (nSPS) is 12.7. The van der Waals surface area contributed by atoms with Crippen LogP contribution < -0.4 is 5.73 Å². The lowest BCUT2D eigenvalue weighted by Gasteiger charge is -2.13. The van der Waals surface area contributed by atoms with Gasteiger partial charge in [-0.2, -0.15) is 5.10 Å². The van der Waals surface area contributed by atoms with Crippen LogP contribution in [0.15, 0.2) is 27.1 Å². The molecule has 0 aliphatic carbocycles. The minimum absolute atomic E-state index is 0.269. The summed E-state index contributed by atoms with van der Waals surface area (Å²) in [4.78, 5) is 0. The van der Waals surface area contributed by atoms with Gasteiger partial charge in [0.05, 0.1) is 20.3 Å². The van der Waals surface area contributed by atoms with Crippen molar-refractivity contribution in [1.82, 2.24) is 9.78 Å². The third kappa shape index (κ3) is 3.13. The monoisotopic (exact) mass is 403 g/mol. The molecule has 0 spiro atoms. The molecule has 0 radical (unpaired) electrons. The van der Waals surface area contributed by atoms with Gasteiger partial charge in [0, 0.05) is 19.5 Å². The molecule has 2 aromatic rings. The quantitative estimate of drug-likeness (QED) is 0.839. The first kappa shape index (κ1) is 15.7. The van der Waals surface area contributed by atoms with Crippen molar-refractivity contribution >= 4 is 31.9 Å². The number of halogens is 3. The molecule has 0 amide bonds. The van der Waals surface area contributed by atoms with Crippen LogP contribution in [-0.2, 0) is 19.9 Å². The highest BCUT2D eigenvalue weighted by atomic mass is 79.9. The van der Waals surface area contributed by atoms with Crippen LogP contribution in [0.4, 0.5) is 4.39 Å². The second-order valence-corrected chi connectivity index (χ2v) is 6.32. The molecule has 20 heavy (non-hydrogen) atoms. The molecule has 6 heteroatoms. The number of benzene rings is 1. The van der Waals surface area contributed by atoms with Crippen molar-refractivity contribution in [1.29, 1.82) is 0 Å². The first-order valence-corrected chi connectivity index (χ1v) is 7.93. The van der Waals surface area contributed by atoms with E-state index in [2.05, 4.69) is 43.9 Å². The van der Waals surface area contributed by atoms with Gasteiger partial charge in [0.2, 0.25) is 0 Å². The van der Waals surface area contributed by atoms with Crippen molar-refractivity contribution in [3.63, 3.8) is 0 Å². The topological polar surface area (TPSA) is 43.8 Å². The van der Waals surface area contributed by atoms with E-state index >= 15 is 0 Å². The lowest BCUT2D eigenvalue weighted by molar-refractivity contribution is 0.604. The van der Waals surface area contributed by atoms with Gasteiger partial charge in [0.15, 0.2) is 0 Å². The molecule has 1 aromatic heterocycles. The van der Waals surface area contributed by atoms with E-state index < -0.39 is 0 Å².